The Morgan fingerprint density at radius 1 is 1.19 bits per heavy atom. The molecule has 1 atom stereocenters. The molecule has 0 bridgehead atoms. The summed E-state index contributed by atoms with van der Waals surface area (Å²) >= 11 is 0. The first-order valence-corrected chi connectivity index (χ1v) is 9.04. The van der Waals surface area contributed by atoms with Crippen LogP contribution in [0, 0.1) is 5.92 Å². The lowest BCUT2D eigenvalue weighted by atomic mass is 10.1. The Morgan fingerprint density at radius 2 is 1.92 bits per heavy atom. The summed E-state index contributed by atoms with van der Waals surface area (Å²) < 4.78 is 5.29. The van der Waals surface area contributed by atoms with Crippen LogP contribution in [0.25, 0.3) is 0 Å². The van der Waals surface area contributed by atoms with E-state index in [1.807, 2.05) is 4.90 Å². The standard InChI is InChI=1S/C19H25N3O4/c1-12(23)20-14-7-8-17(26-2)16(10-14)21-19(25)13-9-18(24)22(11-13)15-5-3-4-6-15/h7-8,10,13,15H,3-6,9,11H2,1-2H3,(H,20,23)(H,21,25)/t13-/m1/s1. The lowest BCUT2D eigenvalue weighted by Gasteiger charge is -2.24. The summed E-state index contributed by atoms with van der Waals surface area (Å²) in [6, 6.07) is 5.34. The van der Waals surface area contributed by atoms with Crippen molar-refractivity contribution in [3.05, 3.63) is 18.2 Å². The molecule has 0 aromatic heterocycles. The number of ether oxygens (including phenoxy) is 1. The van der Waals surface area contributed by atoms with Gasteiger partial charge >= 0.3 is 0 Å². The number of hydrogen-bond acceptors (Lipinski definition) is 4. The number of nitrogens with zero attached hydrogens (tertiary/aromatic N) is 1. The molecule has 0 radical (unpaired) electrons. The van der Waals surface area contributed by atoms with Crippen molar-refractivity contribution in [1.82, 2.24) is 4.90 Å². The number of hydrogen-bond donors (Lipinski definition) is 2. The van der Waals surface area contributed by atoms with Crippen molar-refractivity contribution in [2.45, 2.75) is 45.1 Å². The van der Waals surface area contributed by atoms with Crippen molar-refractivity contribution < 1.29 is 19.1 Å². The van der Waals surface area contributed by atoms with Crippen LogP contribution in [0.2, 0.25) is 0 Å². The Kier molecular flexibility index (Phi) is 5.44. The van der Waals surface area contributed by atoms with E-state index in [2.05, 4.69) is 10.6 Å². The molecule has 0 spiro atoms. The van der Waals surface area contributed by atoms with E-state index >= 15 is 0 Å². The summed E-state index contributed by atoms with van der Waals surface area (Å²) in [6.45, 7) is 1.90. The zero-order chi connectivity index (χ0) is 18.7. The second-order valence-corrected chi connectivity index (χ2v) is 6.97. The van der Waals surface area contributed by atoms with Gasteiger partial charge in [0, 0.05) is 31.6 Å². The van der Waals surface area contributed by atoms with Crippen molar-refractivity contribution in [2.75, 3.05) is 24.3 Å². The van der Waals surface area contributed by atoms with Crippen LogP contribution in [0.5, 0.6) is 5.75 Å². The minimum atomic E-state index is -0.364. The van der Waals surface area contributed by atoms with Gasteiger partial charge in [0.05, 0.1) is 18.7 Å². The average molecular weight is 359 g/mol. The van der Waals surface area contributed by atoms with Crippen LogP contribution in [0.15, 0.2) is 18.2 Å². The zero-order valence-electron chi connectivity index (χ0n) is 15.2. The van der Waals surface area contributed by atoms with E-state index in [0.29, 0.717) is 23.7 Å². The molecule has 1 aromatic carbocycles. The van der Waals surface area contributed by atoms with Crippen LogP contribution in [-0.2, 0) is 14.4 Å². The third-order valence-electron chi connectivity index (χ3n) is 5.07. The second-order valence-electron chi connectivity index (χ2n) is 6.97. The molecule has 2 aliphatic rings. The summed E-state index contributed by atoms with van der Waals surface area (Å²) in [5.41, 5.74) is 1.05. The highest BCUT2D eigenvalue weighted by Crippen LogP contribution is 2.32. The highest BCUT2D eigenvalue weighted by Gasteiger charge is 2.38. The van der Waals surface area contributed by atoms with Crippen molar-refractivity contribution in [2.24, 2.45) is 5.92 Å². The van der Waals surface area contributed by atoms with Crippen LogP contribution in [0.4, 0.5) is 11.4 Å². The van der Waals surface area contributed by atoms with Crippen molar-refractivity contribution in [1.29, 1.82) is 0 Å². The predicted molar refractivity (Wildman–Crippen MR) is 98.0 cm³/mol. The molecule has 0 unspecified atom stereocenters. The SMILES string of the molecule is COc1ccc(NC(C)=O)cc1NC(=O)[C@@H]1CC(=O)N(C2CCCC2)C1. The van der Waals surface area contributed by atoms with Gasteiger partial charge in [-0.2, -0.15) is 0 Å². The Balaban J connectivity index is 1.69. The maximum Gasteiger partial charge on any atom is 0.229 e. The van der Waals surface area contributed by atoms with E-state index in [4.69, 9.17) is 4.74 Å². The Labute approximate surface area is 153 Å². The topological polar surface area (TPSA) is 87.7 Å². The van der Waals surface area contributed by atoms with Gasteiger partial charge in [-0.15, -0.1) is 0 Å². The van der Waals surface area contributed by atoms with Gasteiger partial charge in [0.25, 0.3) is 0 Å². The molecule has 1 aliphatic heterocycles. The first kappa shape index (κ1) is 18.2. The van der Waals surface area contributed by atoms with Crippen molar-refractivity contribution >= 4 is 29.1 Å². The fraction of sp³-hybridized carbons (Fsp3) is 0.526. The lowest BCUT2D eigenvalue weighted by molar-refractivity contribution is -0.130. The molecule has 2 N–H and O–H groups in total. The number of carbonyl (C=O) groups is 3. The van der Waals surface area contributed by atoms with E-state index < -0.39 is 0 Å². The number of nitrogens with one attached hydrogen (secondary N) is 2. The molecule has 2 fully saturated rings. The van der Waals surface area contributed by atoms with Crippen LogP contribution >= 0.6 is 0 Å². The highest BCUT2D eigenvalue weighted by molar-refractivity contribution is 5.99. The molecule has 140 valence electrons. The number of anilines is 2. The maximum atomic E-state index is 12.7. The highest BCUT2D eigenvalue weighted by atomic mass is 16.5. The smallest absolute Gasteiger partial charge is 0.229 e. The van der Waals surface area contributed by atoms with Gasteiger partial charge < -0.3 is 20.3 Å². The summed E-state index contributed by atoms with van der Waals surface area (Å²) in [7, 11) is 1.52. The minimum Gasteiger partial charge on any atom is -0.495 e. The number of methoxy groups -OCH3 is 1. The molecule has 1 aliphatic carbocycles. The average Bonchev–Trinajstić information content (AvgIpc) is 3.23. The number of likely N-dealkylation sites (tertiary alicyclic amines) is 1. The number of carbonyl (C=O) groups excluding carboxylic acids is 3. The molecule has 3 amide bonds. The number of rotatable bonds is 5. The molecule has 1 heterocycles. The monoisotopic (exact) mass is 359 g/mol. The molecule has 7 nitrogen and oxygen atoms in total. The van der Waals surface area contributed by atoms with Crippen LogP contribution in [0.1, 0.15) is 39.0 Å². The van der Waals surface area contributed by atoms with Crippen molar-refractivity contribution in [3.8, 4) is 5.75 Å². The Bertz CT molecular complexity index is 713. The van der Waals surface area contributed by atoms with Gasteiger partial charge in [-0.1, -0.05) is 12.8 Å². The normalized spacial score (nSPS) is 20.3. The number of amides is 3. The first-order chi connectivity index (χ1) is 12.5. The van der Waals surface area contributed by atoms with Crippen LogP contribution in [0.3, 0.4) is 0 Å². The van der Waals surface area contributed by atoms with Gasteiger partial charge in [0.15, 0.2) is 0 Å². The fourth-order valence-corrected chi connectivity index (χ4v) is 3.80. The van der Waals surface area contributed by atoms with Crippen molar-refractivity contribution in [3.63, 3.8) is 0 Å². The molecule has 3 rings (SSSR count). The molecule has 26 heavy (non-hydrogen) atoms. The third kappa shape index (κ3) is 3.98. The van der Waals surface area contributed by atoms with Gasteiger partial charge in [-0.05, 0) is 31.0 Å². The minimum absolute atomic E-state index is 0.0658. The van der Waals surface area contributed by atoms with Gasteiger partial charge in [0.2, 0.25) is 17.7 Å². The van der Waals surface area contributed by atoms with Crippen LogP contribution in [-0.4, -0.2) is 42.3 Å². The first-order valence-electron chi connectivity index (χ1n) is 9.04. The van der Waals surface area contributed by atoms with Gasteiger partial charge in [-0.3, -0.25) is 14.4 Å². The summed E-state index contributed by atoms with van der Waals surface area (Å²) in [6.07, 6.45) is 4.62. The van der Waals surface area contributed by atoms with E-state index in [9.17, 15) is 14.4 Å². The molecule has 1 aromatic rings. The van der Waals surface area contributed by atoms with Gasteiger partial charge in [0.1, 0.15) is 5.75 Å². The number of benzene rings is 1. The van der Waals surface area contributed by atoms with E-state index in [-0.39, 0.29) is 36.1 Å². The van der Waals surface area contributed by atoms with Gasteiger partial charge in [-0.25, -0.2) is 0 Å². The molecule has 7 heteroatoms. The van der Waals surface area contributed by atoms with E-state index in [1.165, 1.54) is 14.0 Å². The molecular weight excluding hydrogens is 334 g/mol. The lowest BCUT2D eigenvalue weighted by Crippen LogP contribution is -2.35. The third-order valence-corrected chi connectivity index (χ3v) is 5.07. The van der Waals surface area contributed by atoms with Crippen LogP contribution < -0.4 is 15.4 Å². The fourth-order valence-electron chi connectivity index (χ4n) is 3.80. The summed E-state index contributed by atoms with van der Waals surface area (Å²) in [5.74, 6) is -0.184. The maximum absolute atomic E-state index is 12.7. The quantitative estimate of drug-likeness (QED) is 0.845. The molecular formula is C19H25N3O4. The van der Waals surface area contributed by atoms with E-state index in [1.54, 1.807) is 18.2 Å². The second kappa shape index (κ2) is 7.76. The zero-order valence-corrected chi connectivity index (χ0v) is 15.2. The Hall–Kier alpha value is -2.57. The molecule has 1 saturated heterocycles. The Morgan fingerprint density at radius 3 is 2.58 bits per heavy atom. The summed E-state index contributed by atoms with van der Waals surface area (Å²) in [5, 5.41) is 5.54. The predicted octanol–water partition coefficient (Wildman–Crippen LogP) is 2.38. The largest absolute Gasteiger partial charge is 0.495 e. The summed E-state index contributed by atoms with van der Waals surface area (Å²) in [4.78, 5) is 38.1. The van der Waals surface area contributed by atoms with E-state index in [0.717, 1.165) is 25.7 Å². The molecule has 1 saturated carbocycles.